The first kappa shape index (κ1) is 15.5. The number of hydrogen-bond acceptors (Lipinski definition) is 1. The van der Waals surface area contributed by atoms with Gasteiger partial charge in [-0.25, -0.2) is 8.78 Å². The van der Waals surface area contributed by atoms with Crippen molar-refractivity contribution in [2.75, 3.05) is 7.11 Å². The van der Waals surface area contributed by atoms with Crippen molar-refractivity contribution < 1.29 is 13.5 Å². The predicted molar refractivity (Wildman–Crippen MR) is 89.8 cm³/mol. The van der Waals surface area contributed by atoms with Crippen LogP contribution in [0.2, 0.25) is 0 Å². The van der Waals surface area contributed by atoms with E-state index in [1.807, 2.05) is 24.3 Å². The summed E-state index contributed by atoms with van der Waals surface area (Å²) in [5.41, 5.74) is 2.16. The molecule has 0 radical (unpaired) electrons. The van der Waals surface area contributed by atoms with Crippen LogP contribution >= 0.6 is 0 Å². The summed E-state index contributed by atoms with van der Waals surface area (Å²) in [6, 6.07) is 14.3. The summed E-state index contributed by atoms with van der Waals surface area (Å²) in [4.78, 5) is 0. The van der Waals surface area contributed by atoms with E-state index in [9.17, 15) is 8.78 Å². The van der Waals surface area contributed by atoms with E-state index >= 15 is 0 Å². The highest BCUT2D eigenvalue weighted by Gasteiger charge is 2.15. The van der Waals surface area contributed by atoms with E-state index in [0.717, 1.165) is 12.8 Å². The Morgan fingerprint density at radius 1 is 0.913 bits per heavy atom. The van der Waals surface area contributed by atoms with Crippen molar-refractivity contribution in [2.45, 2.75) is 19.8 Å². The lowest BCUT2D eigenvalue weighted by molar-refractivity contribution is 0.415. The van der Waals surface area contributed by atoms with Crippen LogP contribution in [0.15, 0.2) is 48.5 Å². The molecule has 0 atom stereocenters. The minimum atomic E-state index is -0.839. The average molecular weight is 312 g/mol. The molecule has 0 N–H and O–H groups in total. The molecule has 3 rings (SSSR count). The molecular formula is C20H18F2O. The van der Waals surface area contributed by atoms with Gasteiger partial charge in [-0.1, -0.05) is 43.7 Å². The Bertz CT molecular complexity index is 838. The van der Waals surface area contributed by atoms with Crippen LogP contribution in [0.4, 0.5) is 8.78 Å². The van der Waals surface area contributed by atoms with E-state index in [1.165, 1.54) is 18.7 Å². The Morgan fingerprint density at radius 2 is 1.65 bits per heavy atom. The summed E-state index contributed by atoms with van der Waals surface area (Å²) < 4.78 is 34.0. The second-order valence-electron chi connectivity index (χ2n) is 5.59. The third kappa shape index (κ3) is 2.91. The fourth-order valence-corrected chi connectivity index (χ4v) is 2.78. The molecule has 23 heavy (non-hydrogen) atoms. The van der Waals surface area contributed by atoms with Crippen LogP contribution in [0, 0.1) is 11.6 Å². The Kier molecular flexibility index (Phi) is 4.28. The van der Waals surface area contributed by atoms with Crippen LogP contribution < -0.4 is 4.74 Å². The number of ether oxygens (including phenoxy) is 1. The molecule has 0 unspecified atom stereocenters. The molecule has 3 aromatic rings. The maximum absolute atomic E-state index is 14.5. The standard InChI is InChI=1S/C20H18F2O/c1-3-4-13-5-7-14(8-6-13)17-11-15-9-10-16(23-2)12-18(15)20(22)19(17)21/h5-12H,3-4H2,1-2H3. The fraction of sp³-hybridized carbons (Fsp3) is 0.200. The second-order valence-corrected chi connectivity index (χ2v) is 5.59. The zero-order valence-corrected chi connectivity index (χ0v) is 13.2. The minimum Gasteiger partial charge on any atom is -0.497 e. The summed E-state index contributed by atoms with van der Waals surface area (Å²) in [6.45, 7) is 2.11. The molecule has 0 fully saturated rings. The van der Waals surface area contributed by atoms with Crippen molar-refractivity contribution in [3.8, 4) is 16.9 Å². The molecule has 3 aromatic carbocycles. The quantitative estimate of drug-likeness (QED) is 0.596. The van der Waals surface area contributed by atoms with Gasteiger partial charge in [-0.05, 0) is 41.1 Å². The lowest BCUT2D eigenvalue weighted by Crippen LogP contribution is -1.94. The van der Waals surface area contributed by atoms with Crippen LogP contribution in [0.5, 0.6) is 5.75 Å². The van der Waals surface area contributed by atoms with E-state index in [2.05, 4.69) is 6.92 Å². The predicted octanol–water partition coefficient (Wildman–Crippen LogP) is 5.75. The smallest absolute Gasteiger partial charge is 0.167 e. The summed E-state index contributed by atoms with van der Waals surface area (Å²) in [5, 5.41) is 0.880. The van der Waals surface area contributed by atoms with Gasteiger partial charge in [-0.3, -0.25) is 0 Å². The highest BCUT2D eigenvalue weighted by molar-refractivity contribution is 5.89. The molecule has 0 bridgehead atoms. The first-order valence-corrected chi connectivity index (χ1v) is 7.69. The van der Waals surface area contributed by atoms with E-state index in [-0.39, 0.29) is 10.9 Å². The molecule has 0 saturated heterocycles. The van der Waals surface area contributed by atoms with Crippen molar-refractivity contribution in [1.82, 2.24) is 0 Å². The highest BCUT2D eigenvalue weighted by atomic mass is 19.2. The Balaban J connectivity index is 2.12. The molecule has 0 saturated carbocycles. The number of aryl methyl sites for hydroxylation is 1. The van der Waals surface area contributed by atoms with Crippen molar-refractivity contribution in [3.63, 3.8) is 0 Å². The Morgan fingerprint density at radius 3 is 2.30 bits per heavy atom. The van der Waals surface area contributed by atoms with Gasteiger partial charge < -0.3 is 4.74 Å². The summed E-state index contributed by atoms with van der Waals surface area (Å²) >= 11 is 0. The number of rotatable bonds is 4. The van der Waals surface area contributed by atoms with Gasteiger partial charge in [-0.15, -0.1) is 0 Å². The molecule has 0 aliphatic heterocycles. The molecule has 1 nitrogen and oxygen atoms in total. The van der Waals surface area contributed by atoms with Gasteiger partial charge in [0.1, 0.15) is 5.75 Å². The maximum atomic E-state index is 14.5. The number of halogens is 2. The lowest BCUT2D eigenvalue weighted by Gasteiger charge is -2.10. The fourth-order valence-electron chi connectivity index (χ4n) is 2.78. The average Bonchev–Trinajstić information content (AvgIpc) is 2.59. The minimum absolute atomic E-state index is 0.230. The Hall–Kier alpha value is -2.42. The molecular weight excluding hydrogens is 294 g/mol. The van der Waals surface area contributed by atoms with Crippen LogP contribution in [0.3, 0.4) is 0 Å². The molecule has 0 aliphatic carbocycles. The van der Waals surface area contributed by atoms with E-state index in [1.54, 1.807) is 18.2 Å². The monoisotopic (exact) mass is 312 g/mol. The second kappa shape index (κ2) is 6.37. The van der Waals surface area contributed by atoms with E-state index in [0.29, 0.717) is 16.7 Å². The first-order chi connectivity index (χ1) is 11.1. The third-order valence-corrected chi connectivity index (χ3v) is 4.03. The molecule has 3 heteroatoms. The van der Waals surface area contributed by atoms with Gasteiger partial charge in [0.05, 0.1) is 7.11 Å². The number of methoxy groups -OCH3 is 1. The highest BCUT2D eigenvalue weighted by Crippen LogP contribution is 2.32. The number of hydrogen-bond donors (Lipinski definition) is 0. The summed E-state index contributed by atoms with van der Waals surface area (Å²) in [5.74, 6) is -1.16. The number of benzene rings is 3. The van der Waals surface area contributed by atoms with Crippen molar-refractivity contribution in [2.24, 2.45) is 0 Å². The van der Waals surface area contributed by atoms with Crippen LogP contribution in [-0.2, 0) is 6.42 Å². The van der Waals surface area contributed by atoms with Crippen LogP contribution in [0.1, 0.15) is 18.9 Å². The molecule has 0 aromatic heterocycles. The van der Waals surface area contributed by atoms with E-state index < -0.39 is 11.6 Å². The van der Waals surface area contributed by atoms with Gasteiger partial charge in [0.15, 0.2) is 11.6 Å². The molecule has 0 aliphatic rings. The SMILES string of the molecule is CCCc1ccc(-c2cc3ccc(OC)cc3c(F)c2F)cc1. The van der Waals surface area contributed by atoms with Gasteiger partial charge in [0.25, 0.3) is 0 Å². The normalized spacial score (nSPS) is 11.0. The maximum Gasteiger partial charge on any atom is 0.167 e. The van der Waals surface area contributed by atoms with Gasteiger partial charge in [0, 0.05) is 10.9 Å². The van der Waals surface area contributed by atoms with Crippen LogP contribution in [0.25, 0.3) is 21.9 Å². The molecule has 0 heterocycles. The van der Waals surface area contributed by atoms with Crippen molar-refractivity contribution in [3.05, 3.63) is 65.7 Å². The molecule has 118 valence electrons. The van der Waals surface area contributed by atoms with Gasteiger partial charge >= 0.3 is 0 Å². The topological polar surface area (TPSA) is 9.23 Å². The van der Waals surface area contributed by atoms with Crippen molar-refractivity contribution >= 4 is 10.8 Å². The van der Waals surface area contributed by atoms with Gasteiger partial charge in [0.2, 0.25) is 0 Å². The van der Waals surface area contributed by atoms with Crippen molar-refractivity contribution in [1.29, 1.82) is 0 Å². The zero-order chi connectivity index (χ0) is 16.4. The van der Waals surface area contributed by atoms with Crippen LogP contribution in [-0.4, -0.2) is 7.11 Å². The third-order valence-electron chi connectivity index (χ3n) is 4.03. The zero-order valence-electron chi connectivity index (χ0n) is 13.2. The van der Waals surface area contributed by atoms with E-state index in [4.69, 9.17) is 4.74 Å². The number of fused-ring (bicyclic) bond motifs is 1. The Labute approximate surface area is 134 Å². The molecule has 0 amide bonds. The summed E-state index contributed by atoms with van der Waals surface area (Å²) in [7, 11) is 1.50. The largest absolute Gasteiger partial charge is 0.497 e. The lowest BCUT2D eigenvalue weighted by atomic mass is 9.98. The molecule has 0 spiro atoms. The first-order valence-electron chi connectivity index (χ1n) is 7.69. The van der Waals surface area contributed by atoms with Gasteiger partial charge in [-0.2, -0.15) is 0 Å². The summed E-state index contributed by atoms with van der Waals surface area (Å²) in [6.07, 6.45) is 2.04.